The van der Waals surface area contributed by atoms with Gasteiger partial charge in [-0.05, 0) is 26.3 Å². The van der Waals surface area contributed by atoms with E-state index in [-0.39, 0.29) is 17.6 Å². The van der Waals surface area contributed by atoms with E-state index in [1.165, 1.54) is 12.5 Å². The molecular weight excluding hydrogens is 280 g/mol. The summed E-state index contributed by atoms with van der Waals surface area (Å²) in [7, 11) is 0. The Kier molecular flexibility index (Phi) is 13.2. The lowest BCUT2D eigenvalue weighted by atomic mass is 10.2. The van der Waals surface area contributed by atoms with Gasteiger partial charge in [0, 0.05) is 11.6 Å². The molecule has 1 aromatic rings. The number of hydrogen-bond acceptors (Lipinski definition) is 3. The molecule has 0 heterocycles. The quantitative estimate of drug-likeness (QED) is 0.672. The molecule has 0 aromatic heterocycles. The molecule has 0 fully saturated rings. The van der Waals surface area contributed by atoms with Crippen molar-refractivity contribution in [1.29, 1.82) is 0 Å². The third kappa shape index (κ3) is 15.4. The van der Waals surface area contributed by atoms with Crippen molar-refractivity contribution in [3.8, 4) is 0 Å². The molecule has 0 aliphatic rings. The SMILES string of the molecule is C=C(C)C(=O)O.C=CC(=O)OC(C)C.C=Cc1ccccc1. The van der Waals surface area contributed by atoms with Gasteiger partial charge in [0.15, 0.2) is 0 Å². The average Bonchev–Trinajstić information content (AvgIpc) is 2.48. The minimum Gasteiger partial charge on any atom is -0.478 e. The number of carboxylic acid groups (broad SMARTS) is 1. The van der Waals surface area contributed by atoms with Crippen LogP contribution in [0.2, 0.25) is 0 Å². The minimum absolute atomic E-state index is 0.0412. The van der Waals surface area contributed by atoms with Gasteiger partial charge in [0.05, 0.1) is 6.10 Å². The molecule has 0 amide bonds. The van der Waals surface area contributed by atoms with Crippen molar-refractivity contribution in [3.05, 3.63) is 67.3 Å². The Morgan fingerprint density at radius 1 is 1.18 bits per heavy atom. The minimum atomic E-state index is -0.935. The van der Waals surface area contributed by atoms with E-state index in [1.54, 1.807) is 13.8 Å². The van der Waals surface area contributed by atoms with Crippen LogP contribution in [-0.2, 0) is 14.3 Å². The maximum absolute atomic E-state index is 10.3. The van der Waals surface area contributed by atoms with E-state index in [0.29, 0.717) is 0 Å². The lowest BCUT2D eigenvalue weighted by molar-refractivity contribution is -0.141. The molecule has 0 saturated carbocycles. The number of carbonyl (C=O) groups is 2. The zero-order valence-electron chi connectivity index (χ0n) is 13.4. The Morgan fingerprint density at radius 3 is 1.82 bits per heavy atom. The van der Waals surface area contributed by atoms with Crippen LogP contribution in [0.4, 0.5) is 0 Å². The van der Waals surface area contributed by atoms with Crippen molar-refractivity contribution < 1.29 is 19.4 Å². The average molecular weight is 304 g/mol. The highest BCUT2D eigenvalue weighted by Gasteiger charge is 1.96. The molecule has 0 spiro atoms. The van der Waals surface area contributed by atoms with Crippen molar-refractivity contribution in [3.63, 3.8) is 0 Å². The predicted molar refractivity (Wildman–Crippen MR) is 90.4 cm³/mol. The Hall–Kier alpha value is -2.62. The number of rotatable bonds is 4. The second kappa shape index (κ2) is 13.4. The Bertz CT molecular complexity index is 475. The van der Waals surface area contributed by atoms with Gasteiger partial charge < -0.3 is 9.84 Å². The van der Waals surface area contributed by atoms with Crippen LogP contribution in [0.15, 0.2) is 61.7 Å². The van der Waals surface area contributed by atoms with Crippen LogP contribution in [0.1, 0.15) is 26.3 Å². The molecule has 0 aliphatic carbocycles. The summed E-state index contributed by atoms with van der Waals surface area (Å²) in [5.41, 5.74) is 1.35. The largest absolute Gasteiger partial charge is 0.478 e. The summed E-state index contributed by atoms with van der Waals surface area (Å²) < 4.78 is 4.64. The summed E-state index contributed by atoms with van der Waals surface area (Å²) in [5.74, 6) is -1.30. The second-order valence-electron chi connectivity index (χ2n) is 4.39. The number of aliphatic carboxylic acids is 1. The number of esters is 1. The topological polar surface area (TPSA) is 63.6 Å². The summed E-state index contributed by atoms with van der Waals surface area (Å²) >= 11 is 0. The molecule has 22 heavy (non-hydrogen) atoms. The third-order valence-electron chi connectivity index (χ3n) is 1.92. The molecule has 0 saturated heterocycles. The van der Waals surface area contributed by atoms with Crippen LogP contribution < -0.4 is 0 Å². The van der Waals surface area contributed by atoms with Crippen LogP contribution >= 0.6 is 0 Å². The van der Waals surface area contributed by atoms with Crippen molar-refractivity contribution in [2.45, 2.75) is 26.9 Å². The van der Waals surface area contributed by atoms with Crippen LogP contribution in [0.3, 0.4) is 0 Å². The van der Waals surface area contributed by atoms with Crippen molar-refractivity contribution in [2.24, 2.45) is 0 Å². The van der Waals surface area contributed by atoms with E-state index >= 15 is 0 Å². The van der Waals surface area contributed by atoms with E-state index in [9.17, 15) is 9.59 Å². The molecule has 0 unspecified atom stereocenters. The Morgan fingerprint density at radius 2 is 1.64 bits per heavy atom. The molecule has 0 atom stereocenters. The van der Waals surface area contributed by atoms with Gasteiger partial charge >= 0.3 is 11.9 Å². The first-order chi connectivity index (χ1) is 10.2. The monoisotopic (exact) mass is 304 g/mol. The molecule has 4 nitrogen and oxygen atoms in total. The molecular formula is C18H24O4. The lowest BCUT2D eigenvalue weighted by Crippen LogP contribution is -2.07. The molecule has 0 aliphatic heterocycles. The zero-order chi connectivity index (χ0) is 17.5. The number of hydrogen-bond donors (Lipinski definition) is 1. The molecule has 4 heteroatoms. The smallest absolute Gasteiger partial charge is 0.330 e. The first kappa shape index (κ1) is 21.7. The van der Waals surface area contributed by atoms with Crippen LogP contribution in [0.25, 0.3) is 6.08 Å². The summed E-state index contributed by atoms with van der Waals surface area (Å²) in [4.78, 5) is 19.9. The van der Waals surface area contributed by atoms with E-state index in [4.69, 9.17) is 5.11 Å². The van der Waals surface area contributed by atoms with Gasteiger partial charge in [-0.25, -0.2) is 9.59 Å². The van der Waals surface area contributed by atoms with Gasteiger partial charge in [-0.2, -0.15) is 0 Å². The number of carboxylic acids is 1. The van der Waals surface area contributed by atoms with Crippen molar-refractivity contribution >= 4 is 18.0 Å². The number of carbonyl (C=O) groups excluding carboxylic acids is 1. The fourth-order valence-electron chi connectivity index (χ4n) is 0.870. The fraction of sp³-hybridized carbons (Fsp3) is 0.222. The molecule has 120 valence electrons. The molecule has 0 bridgehead atoms. The normalized spacial score (nSPS) is 8.36. The number of benzene rings is 1. The van der Waals surface area contributed by atoms with E-state index in [1.807, 2.05) is 36.4 Å². The Labute approximate surface area is 132 Å². The summed E-state index contributed by atoms with van der Waals surface area (Å²) in [6.07, 6.45) is 2.94. The van der Waals surface area contributed by atoms with E-state index < -0.39 is 5.97 Å². The number of ether oxygens (including phenoxy) is 1. The molecule has 1 aromatic carbocycles. The molecule has 1 N–H and O–H groups in total. The third-order valence-corrected chi connectivity index (χ3v) is 1.92. The van der Waals surface area contributed by atoms with E-state index in [0.717, 1.165) is 6.08 Å². The van der Waals surface area contributed by atoms with E-state index in [2.05, 4.69) is 24.5 Å². The Balaban J connectivity index is 0. The predicted octanol–water partition coefficient (Wildman–Crippen LogP) is 4.10. The van der Waals surface area contributed by atoms with Crippen molar-refractivity contribution in [1.82, 2.24) is 0 Å². The zero-order valence-corrected chi connectivity index (χ0v) is 13.4. The highest BCUT2D eigenvalue weighted by Crippen LogP contribution is 1.97. The highest BCUT2D eigenvalue weighted by molar-refractivity contribution is 5.84. The van der Waals surface area contributed by atoms with Crippen LogP contribution in [0, 0.1) is 0 Å². The summed E-state index contributed by atoms with van der Waals surface area (Å²) in [5, 5.41) is 7.89. The maximum atomic E-state index is 10.3. The summed E-state index contributed by atoms with van der Waals surface area (Å²) in [6, 6.07) is 10.0. The van der Waals surface area contributed by atoms with Crippen LogP contribution in [0.5, 0.6) is 0 Å². The maximum Gasteiger partial charge on any atom is 0.330 e. The first-order valence-corrected chi connectivity index (χ1v) is 6.63. The molecule has 0 radical (unpaired) electrons. The standard InChI is InChI=1S/C8H8.C6H10O2.C4H6O2/c1-2-8-6-4-3-5-7-8;1-4-6(7)8-5(2)3;1-3(2)4(5)6/h2-7H,1H2;4-5H,1H2,2-3H3;1H2,2H3,(H,5,6). The van der Waals surface area contributed by atoms with Crippen LogP contribution in [-0.4, -0.2) is 23.1 Å². The highest BCUT2D eigenvalue weighted by atomic mass is 16.5. The van der Waals surface area contributed by atoms with Gasteiger partial charge in [-0.15, -0.1) is 0 Å². The fourth-order valence-corrected chi connectivity index (χ4v) is 0.870. The first-order valence-electron chi connectivity index (χ1n) is 6.63. The summed E-state index contributed by atoms with van der Waals surface area (Å²) in [6.45, 7) is 15.1. The van der Waals surface area contributed by atoms with Gasteiger partial charge in [0.25, 0.3) is 0 Å². The van der Waals surface area contributed by atoms with Gasteiger partial charge in [0.2, 0.25) is 0 Å². The lowest BCUT2D eigenvalue weighted by Gasteiger charge is -2.02. The van der Waals surface area contributed by atoms with Gasteiger partial charge in [-0.1, -0.05) is 56.1 Å². The van der Waals surface area contributed by atoms with Crippen molar-refractivity contribution in [2.75, 3.05) is 0 Å². The second-order valence-corrected chi connectivity index (χ2v) is 4.39. The molecule has 1 rings (SSSR count). The van der Waals surface area contributed by atoms with Gasteiger partial charge in [0.1, 0.15) is 0 Å². The van der Waals surface area contributed by atoms with Gasteiger partial charge in [-0.3, -0.25) is 0 Å².